The third-order valence-corrected chi connectivity index (χ3v) is 9.66. The molecule has 0 aromatic heterocycles. The summed E-state index contributed by atoms with van der Waals surface area (Å²) in [6.45, 7) is 4.83. The van der Waals surface area contributed by atoms with Crippen molar-refractivity contribution in [3.8, 4) is 0 Å². The molecule has 31 heavy (non-hydrogen) atoms. The number of fused-ring (bicyclic) bond motifs is 5. The van der Waals surface area contributed by atoms with Crippen LogP contribution in [0.5, 0.6) is 0 Å². The van der Waals surface area contributed by atoms with E-state index in [4.69, 9.17) is 5.11 Å². The average Bonchev–Trinajstić information content (AvgIpc) is 2.98. The van der Waals surface area contributed by atoms with Crippen LogP contribution in [0.2, 0.25) is 0 Å². The van der Waals surface area contributed by atoms with Crippen LogP contribution in [0.1, 0.15) is 84.5 Å². The molecular weight excluding hydrogens is 394 g/mol. The number of carboxylic acids is 1. The van der Waals surface area contributed by atoms with Crippen LogP contribution in [0.4, 0.5) is 0 Å². The number of aliphatic carboxylic acids is 1. The van der Waals surface area contributed by atoms with Gasteiger partial charge in [0.1, 0.15) is 0 Å². The molecule has 4 rings (SSSR count). The van der Waals surface area contributed by atoms with E-state index in [1.54, 1.807) is 0 Å². The second kappa shape index (κ2) is 8.02. The van der Waals surface area contributed by atoms with Gasteiger partial charge >= 0.3 is 5.97 Å². The van der Waals surface area contributed by atoms with Gasteiger partial charge in [0.25, 0.3) is 0 Å². The first kappa shape index (κ1) is 22.5. The molecule has 0 heterocycles. The third-order valence-electron chi connectivity index (χ3n) is 9.66. The van der Waals surface area contributed by atoms with Crippen LogP contribution >= 0.6 is 0 Å². The van der Waals surface area contributed by atoms with E-state index in [-0.39, 0.29) is 41.9 Å². The fourth-order valence-corrected chi connectivity index (χ4v) is 7.69. The Morgan fingerprint density at radius 3 is 2.55 bits per heavy atom. The molecule has 3 fully saturated rings. The SMILES string of the molecule is C[C@]12CCC(=O)C=C1CC[C@@H]1[C@@H]2CC[C@@]2(C)[C@H]1CC[C@@]2(O)CNC(=O)CCCC(=O)O. The summed E-state index contributed by atoms with van der Waals surface area (Å²) in [6.07, 6.45) is 9.81. The summed E-state index contributed by atoms with van der Waals surface area (Å²) < 4.78 is 0. The molecule has 0 saturated heterocycles. The molecule has 0 aromatic carbocycles. The van der Waals surface area contributed by atoms with Crippen molar-refractivity contribution in [1.29, 1.82) is 0 Å². The zero-order valence-corrected chi connectivity index (χ0v) is 18.9. The van der Waals surface area contributed by atoms with E-state index >= 15 is 0 Å². The lowest BCUT2D eigenvalue weighted by Crippen LogP contribution is -2.58. The summed E-state index contributed by atoms with van der Waals surface area (Å²) in [7, 11) is 0. The maximum absolute atomic E-state index is 12.2. The maximum Gasteiger partial charge on any atom is 0.303 e. The van der Waals surface area contributed by atoms with E-state index < -0.39 is 11.6 Å². The second-order valence-corrected chi connectivity index (χ2v) is 11.0. The van der Waals surface area contributed by atoms with Crippen molar-refractivity contribution in [3.05, 3.63) is 11.6 Å². The first-order valence-electron chi connectivity index (χ1n) is 12.0. The average molecular weight is 432 g/mol. The van der Waals surface area contributed by atoms with Gasteiger partial charge in [-0.3, -0.25) is 14.4 Å². The summed E-state index contributed by atoms with van der Waals surface area (Å²) in [5, 5.41) is 23.3. The highest BCUT2D eigenvalue weighted by molar-refractivity contribution is 5.91. The van der Waals surface area contributed by atoms with Crippen LogP contribution in [0.25, 0.3) is 0 Å². The van der Waals surface area contributed by atoms with Gasteiger partial charge in [0.15, 0.2) is 5.78 Å². The number of carbonyl (C=O) groups is 3. The van der Waals surface area contributed by atoms with Gasteiger partial charge in [-0.05, 0) is 80.6 Å². The topological polar surface area (TPSA) is 104 Å². The predicted molar refractivity (Wildman–Crippen MR) is 116 cm³/mol. The Labute approximate surface area is 184 Å². The normalized spacial score (nSPS) is 41.6. The Morgan fingerprint density at radius 2 is 1.81 bits per heavy atom. The Morgan fingerprint density at radius 1 is 1.06 bits per heavy atom. The summed E-state index contributed by atoms with van der Waals surface area (Å²) in [5.41, 5.74) is 0.349. The van der Waals surface area contributed by atoms with Gasteiger partial charge in [0.05, 0.1) is 5.60 Å². The quantitative estimate of drug-likeness (QED) is 0.596. The fraction of sp³-hybridized carbons (Fsp3) is 0.800. The molecule has 0 unspecified atom stereocenters. The first-order chi connectivity index (χ1) is 14.6. The minimum absolute atomic E-state index is 0.0126. The lowest BCUT2D eigenvalue weighted by Gasteiger charge is -2.59. The number of allylic oxidation sites excluding steroid dienone is 1. The zero-order valence-electron chi connectivity index (χ0n) is 18.9. The number of amides is 1. The molecule has 172 valence electrons. The van der Waals surface area contributed by atoms with E-state index in [2.05, 4.69) is 19.2 Å². The van der Waals surface area contributed by atoms with E-state index in [0.717, 1.165) is 38.5 Å². The zero-order chi connectivity index (χ0) is 22.4. The lowest BCUT2D eigenvalue weighted by molar-refractivity contribution is -0.138. The first-order valence-corrected chi connectivity index (χ1v) is 12.0. The monoisotopic (exact) mass is 431 g/mol. The van der Waals surface area contributed by atoms with Gasteiger partial charge < -0.3 is 15.5 Å². The van der Waals surface area contributed by atoms with Gasteiger partial charge in [-0.1, -0.05) is 19.4 Å². The van der Waals surface area contributed by atoms with Gasteiger partial charge in [0.2, 0.25) is 5.91 Å². The number of ketones is 1. The molecule has 0 radical (unpaired) electrons. The van der Waals surface area contributed by atoms with Crippen LogP contribution in [-0.2, 0) is 14.4 Å². The maximum atomic E-state index is 12.2. The van der Waals surface area contributed by atoms with Crippen molar-refractivity contribution in [3.63, 3.8) is 0 Å². The van der Waals surface area contributed by atoms with E-state index in [1.165, 1.54) is 5.57 Å². The van der Waals surface area contributed by atoms with Crippen LogP contribution in [0, 0.1) is 28.6 Å². The Bertz CT molecular complexity index is 806. The molecule has 0 aliphatic heterocycles. The molecule has 1 amide bonds. The Hall–Kier alpha value is -1.69. The van der Waals surface area contributed by atoms with E-state index in [9.17, 15) is 19.5 Å². The summed E-state index contributed by atoms with van der Waals surface area (Å²) in [5.74, 6) is 0.788. The summed E-state index contributed by atoms with van der Waals surface area (Å²) >= 11 is 0. The molecule has 6 heteroatoms. The number of aliphatic hydroxyl groups is 1. The highest BCUT2D eigenvalue weighted by atomic mass is 16.4. The molecule has 4 aliphatic carbocycles. The molecule has 3 N–H and O–H groups in total. The lowest BCUT2D eigenvalue weighted by atomic mass is 9.46. The van der Waals surface area contributed by atoms with E-state index in [1.807, 2.05) is 6.08 Å². The molecule has 3 saturated carbocycles. The van der Waals surface area contributed by atoms with Crippen LogP contribution < -0.4 is 5.32 Å². The van der Waals surface area contributed by atoms with Crippen molar-refractivity contribution in [1.82, 2.24) is 5.32 Å². The van der Waals surface area contributed by atoms with Crippen molar-refractivity contribution in [2.24, 2.45) is 28.6 Å². The molecule has 0 bridgehead atoms. The van der Waals surface area contributed by atoms with Crippen molar-refractivity contribution < 1.29 is 24.6 Å². The smallest absolute Gasteiger partial charge is 0.303 e. The van der Waals surface area contributed by atoms with E-state index in [0.29, 0.717) is 37.0 Å². The standard InChI is InChI=1S/C25H37NO5/c1-23-11-8-17(27)14-16(23)6-7-18-19(23)9-12-24(2)20(18)10-13-25(24,31)15-26-21(28)4-3-5-22(29)30/h14,18-20,31H,3-13,15H2,1-2H3,(H,26,28)(H,29,30)/t18-,19+,20+,23+,24+,25-/m1/s1. The molecule has 0 aromatic rings. The number of carbonyl (C=O) groups excluding carboxylic acids is 2. The largest absolute Gasteiger partial charge is 0.481 e. The minimum atomic E-state index is -0.912. The van der Waals surface area contributed by atoms with Crippen molar-refractivity contribution in [2.45, 2.75) is 90.1 Å². The number of hydrogen-bond donors (Lipinski definition) is 3. The highest BCUT2D eigenvalue weighted by Gasteiger charge is 2.63. The van der Waals surface area contributed by atoms with Crippen molar-refractivity contribution in [2.75, 3.05) is 6.54 Å². The third kappa shape index (κ3) is 3.75. The van der Waals surface area contributed by atoms with Crippen molar-refractivity contribution >= 4 is 17.7 Å². The number of rotatable bonds is 6. The molecule has 6 nitrogen and oxygen atoms in total. The predicted octanol–water partition coefficient (Wildman–Crippen LogP) is 3.62. The Kier molecular flexibility index (Phi) is 5.82. The molecule has 4 aliphatic rings. The van der Waals surface area contributed by atoms with Crippen LogP contribution in [0.15, 0.2) is 11.6 Å². The summed E-state index contributed by atoms with van der Waals surface area (Å²) in [6, 6.07) is 0. The van der Waals surface area contributed by atoms with Gasteiger partial charge in [0, 0.05) is 31.2 Å². The molecular formula is C25H37NO5. The molecule has 6 atom stereocenters. The number of nitrogens with one attached hydrogen (secondary N) is 1. The van der Waals surface area contributed by atoms with Crippen LogP contribution in [-0.4, -0.2) is 40.0 Å². The Balaban J connectivity index is 1.44. The minimum Gasteiger partial charge on any atom is -0.481 e. The number of hydrogen-bond acceptors (Lipinski definition) is 4. The van der Waals surface area contributed by atoms with Gasteiger partial charge in [-0.25, -0.2) is 0 Å². The summed E-state index contributed by atoms with van der Waals surface area (Å²) in [4.78, 5) is 34.8. The second-order valence-electron chi connectivity index (χ2n) is 11.0. The van der Waals surface area contributed by atoms with Gasteiger partial charge in [-0.15, -0.1) is 0 Å². The van der Waals surface area contributed by atoms with Crippen LogP contribution in [0.3, 0.4) is 0 Å². The highest BCUT2D eigenvalue weighted by Crippen LogP contribution is 2.67. The number of carboxylic acid groups (broad SMARTS) is 1. The molecule has 0 spiro atoms. The fourth-order valence-electron chi connectivity index (χ4n) is 7.69. The van der Waals surface area contributed by atoms with Gasteiger partial charge in [-0.2, -0.15) is 0 Å².